The van der Waals surface area contributed by atoms with Crippen LogP contribution >= 0.6 is 23.2 Å². The Bertz CT molecular complexity index is 386. The first-order chi connectivity index (χ1) is 7.47. The van der Waals surface area contributed by atoms with Gasteiger partial charge in [0.1, 0.15) is 0 Å². The van der Waals surface area contributed by atoms with Crippen LogP contribution in [0.25, 0.3) is 0 Å². The molecule has 0 spiro atoms. The predicted molar refractivity (Wildman–Crippen MR) is 58.0 cm³/mol. The molecular formula is C10H9Cl2FO3. The lowest BCUT2D eigenvalue weighted by Crippen LogP contribution is -2.15. The van der Waals surface area contributed by atoms with Gasteiger partial charge in [-0.05, 0) is 24.6 Å². The third-order valence-corrected chi connectivity index (χ3v) is 2.38. The third-order valence-electron chi connectivity index (χ3n) is 1.83. The summed E-state index contributed by atoms with van der Waals surface area (Å²) >= 11 is 11.0. The van der Waals surface area contributed by atoms with Gasteiger partial charge >= 0.3 is 5.97 Å². The summed E-state index contributed by atoms with van der Waals surface area (Å²) in [6, 6.07) is 2.26. The van der Waals surface area contributed by atoms with E-state index in [1.165, 1.54) is 0 Å². The fourth-order valence-electron chi connectivity index (χ4n) is 1.09. The van der Waals surface area contributed by atoms with Crippen LogP contribution in [0.3, 0.4) is 0 Å². The number of halogens is 3. The van der Waals surface area contributed by atoms with E-state index >= 15 is 0 Å². The zero-order valence-corrected chi connectivity index (χ0v) is 9.85. The van der Waals surface area contributed by atoms with Crippen molar-refractivity contribution in [3.63, 3.8) is 0 Å². The summed E-state index contributed by atoms with van der Waals surface area (Å²) in [6.07, 6.45) is -1.52. The van der Waals surface area contributed by atoms with Crippen LogP contribution in [0.4, 0.5) is 4.39 Å². The summed E-state index contributed by atoms with van der Waals surface area (Å²) in [5.41, 5.74) is 0.0925. The van der Waals surface area contributed by atoms with Crippen molar-refractivity contribution in [2.45, 2.75) is 13.0 Å². The molecule has 0 aliphatic carbocycles. The van der Waals surface area contributed by atoms with Gasteiger partial charge in [0, 0.05) is 0 Å². The topological polar surface area (TPSA) is 46.5 Å². The highest BCUT2D eigenvalue weighted by Crippen LogP contribution is 2.28. The molecule has 0 saturated carbocycles. The first-order valence-electron chi connectivity index (χ1n) is 4.46. The Hall–Kier alpha value is -0.840. The number of carbonyl (C=O) groups is 1. The van der Waals surface area contributed by atoms with Crippen molar-refractivity contribution in [3.8, 4) is 0 Å². The minimum Gasteiger partial charge on any atom is -0.464 e. The molecule has 0 aliphatic heterocycles. The van der Waals surface area contributed by atoms with Crippen LogP contribution in [0.5, 0.6) is 0 Å². The zero-order valence-electron chi connectivity index (χ0n) is 8.34. The third kappa shape index (κ3) is 2.84. The molecule has 0 fully saturated rings. The Morgan fingerprint density at radius 2 is 2.00 bits per heavy atom. The van der Waals surface area contributed by atoms with Crippen LogP contribution < -0.4 is 0 Å². The quantitative estimate of drug-likeness (QED) is 0.676. The van der Waals surface area contributed by atoms with E-state index in [2.05, 4.69) is 4.74 Å². The Balaban J connectivity index is 3.01. The smallest absolute Gasteiger partial charge is 0.339 e. The number of rotatable bonds is 3. The normalized spacial score (nSPS) is 12.3. The van der Waals surface area contributed by atoms with Gasteiger partial charge in [-0.3, -0.25) is 0 Å². The van der Waals surface area contributed by atoms with Crippen LogP contribution in [0, 0.1) is 5.82 Å². The lowest BCUT2D eigenvalue weighted by Gasteiger charge is -2.11. The van der Waals surface area contributed by atoms with E-state index in [0.717, 1.165) is 12.1 Å². The molecule has 0 aromatic heterocycles. The lowest BCUT2D eigenvalue weighted by molar-refractivity contribution is -0.153. The average molecular weight is 267 g/mol. The van der Waals surface area contributed by atoms with Gasteiger partial charge in [-0.25, -0.2) is 9.18 Å². The van der Waals surface area contributed by atoms with Crippen molar-refractivity contribution in [2.24, 2.45) is 0 Å². The fraction of sp³-hybridized carbons (Fsp3) is 0.300. The number of hydrogen-bond donors (Lipinski definition) is 1. The highest BCUT2D eigenvalue weighted by Gasteiger charge is 2.21. The van der Waals surface area contributed by atoms with E-state index < -0.39 is 17.9 Å². The number of aliphatic hydroxyl groups excluding tert-OH is 1. The Morgan fingerprint density at radius 3 is 2.44 bits per heavy atom. The summed E-state index contributed by atoms with van der Waals surface area (Å²) in [4.78, 5) is 11.2. The molecule has 0 radical (unpaired) electrons. The molecule has 0 saturated heterocycles. The van der Waals surface area contributed by atoms with Crippen molar-refractivity contribution < 1.29 is 19.0 Å². The second-order valence-corrected chi connectivity index (χ2v) is 3.77. The summed E-state index contributed by atoms with van der Waals surface area (Å²) in [7, 11) is 0. The van der Waals surface area contributed by atoms with Crippen molar-refractivity contribution in [1.82, 2.24) is 0 Å². The van der Waals surface area contributed by atoms with Gasteiger partial charge in [0.15, 0.2) is 11.9 Å². The molecule has 1 aromatic carbocycles. The molecule has 0 heterocycles. The van der Waals surface area contributed by atoms with E-state index in [4.69, 9.17) is 23.2 Å². The van der Waals surface area contributed by atoms with E-state index in [1.54, 1.807) is 6.92 Å². The maximum Gasteiger partial charge on any atom is 0.339 e. The van der Waals surface area contributed by atoms with E-state index in [9.17, 15) is 14.3 Å². The van der Waals surface area contributed by atoms with Crippen LogP contribution in [0.15, 0.2) is 12.1 Å². The Morgan fingerprint density at radius 1 is 1.50 bits per heavy atom. The van der Waals surface area contributed by atoms with Gasteiger partial charge < -0.3 is 9.84 Å². The zero-order chi connectivity index (χ0) is 12.3. The van der Waals surface area contributed by atoms with Crippen LogP contribution in [-0.2, 0) is 9.53 Å². The van der Waals surface area contributed by atoms with Crippen LogP contribution in [0.2, 0.25) is 10.0 Å². The van der Waals surface area contributed by atoms with Crippen molar-refractivity contribution in [3.05, 3.63) is 33.6 Å². The molecule has 1 N–H and O–H groups in total. The molecule has 0 aliphatic rings. The van der Waals surface area contributed by atoms with E-state index in [-0.39, 0.29) is 22.2 Å². The number of benzene rings is 1. The molecule has 1 rings (SSSR count). The monoisotopic (exact) mass is 266 g/mol. The lowest BCUT2D eigenvalue weighted by atomic mass is 10.1. The minimum absolute atomic E-state index is 0.0925. The highest BCUT2D eigenvalue weighted by atomic mass is 35.5. The average Bonchev–Trinajstić information content (AvgIpc) is 2.24. The minimum atomic E-state index is -1.52. The maximum absolute atomic E-state index is 13.1. The molecule has 3 nitrogen and oxygen atoms in total. The molecule has 0 amide bonds. The summed E-state index contributed by atoms with van der Waals surface area (Å²) < 4.78 is 17.7. The van der Waals surface area contributed by atoms with Crippen LogP contribution in [0.1, 0.15) is 18.6 Å². The van der Waals surface area contributed by atoms with Crippen molar-refractivity contribution in [1.29, 1.82) is 0 Å². The molecule has 1 aromatic rings. The summed E-state index contributed by atoms with van der Waals surface area (Å²) in [6.45, 7) is 1.74. The molecular weight excluding hydrogens is 258 g/mol. The first-order valence-corrected chi connectivity index (χ1v) is 5.22. The van der Waals surface area contributed by atoms with Crippen molar-refractivity contribution in [2.75, 3.05) is 6.61 Å². The maximum atomic E-state index is 13.1. The van der Waals surface area contributed by atoms with E-state index in [1.807, 2.05) is 0 Å². The highest BCUT2D eigenvalue weighted by molar-refractivity contribution is 6.35. The first kappa shape index (κ1) is 13.2. The van der Waals surface area contributed by atoms with Crippen molar-refractivity contribution >= 4 is 29.2 Å². The van der Waals surface area contributed by atoms with Gasteiger partial charge in [0.2, 0.25) is 0 Å². The molecule has 88 valence electrons. The Kier molecular flexibility index (Phi) is 4.53. The van der Waals surface area contributed by atoms with Gasteiger partial charge in [-0.15, -0.1) is 0 Å². The van der Waals surface area contributed by atoms with Gasteiger partial charge in [-0.1, -0.05) is 23.2 Å². The van der Waals surface area contributed by atoms with Crippen LogP contribution in [-0.4, -0.2) is 17.7 Å². The van der Waals surface area contributed by atoms with E-state index in [0.29, 0.717) is 0 Å². The number of aliphatic hydroxyl groups is 1. The number of esters is 1. The molecule has 1 atom stereocenters. The fourth-order valence-corrected chi connectivity index (χ4v) is 1.59. The second kappa shape index (κ2) is 5.48. The SMILES string of the molecule is CCOC(=O)C(O)c1cc(Cl)c(F)c(Cl)c1. The molecule has 1 unspecified atom stereocenters. The van der Waals surface area contributed by atoms with Gasteiger partial charge in [0.25, 0.3) is 0 Å². The summed E-state index contributed by atoms with van der Waals surface area (Å²) in [5, 5.41) is 9.03. The summed E-state index contributed by atoms with van der Waals surface area (Å²) in [5.74, 6) is -1.62. The standard InChI is InChI=1S/C10H9Cl2FO3/c1-2-16-10(15)9(14)5-3-6(11)8(13)7(12)4-5/h3-4,9,14H,2H2,1H3. The number of hydrogen-bond acceptors (Lipinski definition) is 3. The van der Waals surface area contributed by atoms with Gasteiger partial charge in [0.05, 0.1) is 16.7 Å². The largest absolute Gasteiger partial charge is 0.464 e. The van der Waals surface area contributed by atoms with Gasteiger partial charge in [-0.2, -0.15) is 0 Å². The molecule has 16 heavy (non-hydrogen) atoms. The predicted octanol–water partition coefficient (Wildman–Crippen LogP) is 2.73. The second-order valence-electron chi connectivity index (χ2n) is 2.95. The number of carbonyl (C=O) groups excluding carboxylic acids is 1. The molecule has 0 bridgehead atoms. The molecule has 6 heteroatoms. The Labute approximate surface area is 102 Å². The number of ether oxygens (including phenoxy) is 1.